The molecule has 1 aliphatic carbocycles. The van der Waals surface area contributed by atoms with Crippen LogP contribution in [0.1, 0.15) is 37.7 Å². The van der Waals surface area contributed by atoms with Crippen LogP contribution in [0, 0.1) is 12.3 Å². The first-order valence-electron chi connectivity index (χ1n) is 8.22. The molecule has 1 saturated heterocycles. The molecule has 1 N–H and O–H groups in total. The number of carbonyl (C=O) groups is 2. The summed E-state index contributed by atoms with van der Waals surface area (Å²) in [6, 6.07) is 7.53. The van der Waals surface area contributed by atoms with E-state index in [1.807, 2.05) is 31.2 Å². The van der Waals surface area contributed by atoms with Crippen molar-refractivity contribution in [1.29, 1.82) is 0 Å². The summed E-state index contributed by atoms with van der Waals surface area (Å²) < 4.78 is 5.52. The maximum atomic E-state index is 12.5. The number of β-amino-alcohol motifs (C(OH)–C–C–N with tert-alkyl or cyclic N) is 1. The molecule has 0 radical (unpaired) electrons. The van der Waals surface area contributed by atoms with Gasteiger partial charge in [0.05, 0.1) is 12.0 Å². The first kappa shape index (κ1) is 16.0. The topological polar surface area (TPSA) is 66.8 Å². The average molecular weight is 317 g/mol. The summed E-state index contributed by atoms with van der Waals surface area (Å²) in [5.74, 6) is 0.404. The van der Waals surface area contributed by atoms with E-state index < -0.39 is 11.5 Å². The molecule has 2 aliphatic rings. The van der Waals surface area contributed by atoms with E-state index >= 15 is 0 Å². The van der Waals surface area contributed by atoms with Crippen molar-refractivity contribution in [2.45, 2.75) is 45.1 Å². The van der Waals surface area contributed by atoms with Crippen LogP contribution in [0.5, 0.6) is 5.75 Å². The van der Waals surface area contributed by atoms with Crippen molar-refractivity contribution in [2.24, 2.45) is 5.41 Å². The number of imide groups is 1. The Kier molecular flexibility index (Phi) is 4.39. The predicted octanol–water partition coefficient (Wildman–Crippen LogP) is 2.05. The zero-order valence-corrected chi connectivity index (χ0v) is 13.5. The van der Waals surface area contributed by atoms with Crippen molar-refractivity contribution in [3.05, 3.63) is 29.8 Å². The highest BCUT2D eigenvalue weighted by molar-refractivity contribution is 6.06. The van der Waals surface area contributed by atoms with E-state index in [0.717, 1.165) is 31.2 Å². The lowest BCUT2D eigenvalue weighted by Gasteiger charge is -2.22. The number of amides is 2. The monoisotopic (exact) mass is 317 g/mol. The summed E-state index contributed by atoms with van der Waals surface area (Å²) in [6.45, 7) is 2.07. The van der Waals surface area contributed by atoms with Gasteiger partial charge in [0.2, 0.25) is 11.8 Å². The Labute approximate surface area is 136 Å². The first-order valence-corrected chi connectivity index (χ1v) is 8.22. The quantitative estimate of drug-likeness (QED) is 0.844. The Morgan fingerprint density at radius 2 is 1.87 bits per heavy atom. The number of ether oxygens (including phenoxy) is 1. The Hall–Kier alpha value is -1.88. The number of aliphatic hydroxyl groups is 1. The molecule has 1 atom stereocenters. The van der Waals surface area contributed by atoms with Gasteiger partial charge in [0.1, 0.15) is 18.5 Å². The molecule has 0 bridgehead atoms. The summed E-state index contributed by atoms with van der Waals surface area (Å²) in [4.78, 5) is 25.9. The second-order valence-corrected chi connectivity index (χ2v) is 6.75. The highest BCUT2D eigenvalue weighted by Gasteiger charge is 2.52. The number of aliphatic hydroxyl groups excluding tert-OH is 1. The maximum Gasteiger partial charge on any atom is 0.235 e. The highest BCUT2D eigenvalue weighted by Crippen LogP contribution is 2.46. The van der Waals surface area contributed by atoms with E-state index in [0.29, 0.717) is 12.2 Å². The molecule has 0 aromatic heterocycles. The van der Waals surface area contributed by atoms with Gasteiger partial charge in [-0.15, -0.1) is 0 Å². The molecule has 5 heteroatoms. The number of aryl methyl sites for hydroxylation is 1. The maximum absolute atomic E-state index is 12.5. The highest BCUT2D eigenvalue weighted by atomic mass is 16.5. The van der Waals surface area contributed by atoms with Crippen LogP contribution in [0.3, 0.4) is 0 Å². The number of nitrogens with zero attached hydrogens (tertiary/aromatic N) is 1. The van der Waals surface area contributed by atoms with Crippen LogP contribution in [0.25, 0.3) is 0 Å². The van der Waals surface area contributed by atoms with Gasteiger partial charge in [-0.05, 0) is 31.9 Å². The van der Waals surface area contributed by atoms with Crippen LogP contribution in [0.2, 0.25) is 0 Å². The smallest absolute Gasteiger partial charge is 0.235 e. The standard InChI is InChI=1S/C18H23NO4/c1-13-4-6-15(7-5-13)23-12-14(20)11-19-16(21)10-18(17(19)22)8-2-3-9-18/h4-7,14,20H,2-3,8-12H2,1H3/t14-/m0/s1. The Bertz CT molecular complexity index is 590. The Morgan fingerprint density at radius 1 is 1.22 bits per heavy atom. The van der Waals surface area contributed by atoms with E-state index in [1.54, 1.807) is 0 Å². The number of rotatable bonds is 5. The van der Waals surface area contributed by atoms with E-state index in [1.165, 1.54) is 4.90 Å². The van der Waals surface area contributed by atoms with Gasteiger partial charge in [-0.1, -0.05) is 30.5 Å². The SMILES string of the molecule is Cc1ccc(OC[C@@H](O)CN2C(=O)CC3(CCCC3)C2=O)cc1. The molecular weight excluding hydrogens is 294 g/mol. The van der Waals surface area contributed by atoms with Crippen molar-refractivity contribution in [1.82, 2.24) is 4.90 Å². The summed E-state index contributed by atoms with van der Waals surface area (Å²) in [5.41, 5.74) is 0.655. The Balaban J connectivity index is 1.55. The fourth-order valence-electron chi connectivity index (χ4n) is 3.58. The molecule has 5 nitrogen and oxygen atoms in total. The third-order valence-corrected chi connectivity index (χ3v) is 4.91. The molecule has 0 unspecified atom stereocenters. The molecule has 1 aromatic carbocycles. The van der Waals surface area contributed by atoms with Gasteiger partial charge in [-0.25, -0.2) is 0 Å². The van der Waals surface area contributed by atoms with Crippen molar-refractivity contribution < 1.29 is 19.4 Å². The van der Waals surface area contributed by atoms with Crippen LogP contribution in [-0.4, -0.2) is 41.1 Å². The van der Waals surface area contributed by atoms with Gasteiger partial charge >= 0.3 is 0 Å². The van der Waals surface area contributed by atoms with Crippen LogP contribution >= 0.6 is 0 Å². The van der Waals surface area contributed by atoms with Crippen molar-refractivity contribution >= 4 is 11.8 Å². The third-order valence-electron chi connectivity index (χ3n) is 4.91. The second-order valence-electron chi connectivity index (χ2n) is 6.75. The molecule has 1 aliphatic heterocycles. The van der Waals surface area contributed by atoms with Gasteiger partial charge < -0.3 is 9.84 Å². The minimum atomic E-state index is -0.874. The largest absolute Gasteiger partial charge is 0.491 e. The van der Waals surface area contributed by atoms with Crippen LogP contribution in [0.15, 0.2) is 24.3 Å². The number of hydrogen-bond donors (Lipinski definition) is 1. The molecule has 2 fully saturated rings. The second kappa shape index (κ2) is 6.32. The number of benzene rings is 1. The van der Waals surface area contributed by atoms with Crippen LogP contribution < -0.4 is 4.74 Å². The summed E-state index contributed by atoms with van der Waals surface area (Å²) in [6.07, 6.45) is 3.03. The molecular formula is C18H23NO4. The lowest BCUT2D eigenvalue weighted by Crippen LogP contribution is -2.41. The third kappa shape index (κ3) is 3.24. The Morgan fingerprint density at radius 3 is 2.52 bits per heavy atom. The summed E-state index contributed by atoms with van der Waals surface area (Å²) in [7, 11) is 0. The molecule has 2 amide bonds. The number of likely N-dealkylation sites (tertiary alicyclic amines) is 1. The van der Waals surface area contributed by atoms with E-state index in [4.69, 9.17) is 4.74 Å². The fourth-order valence-corrected chi connectivity index (χ4v) is 3.58. The molecule has 23 heavy (non-hydrogen) atoms. The molecule has 1 aromatic rings. The van der Waals surface area contributed by atoms with E-state index in [-0.39, 0.29) is 25.0 Å². The number of hydrogen-bond acceptors (Lipinski definition) is 4. The van der Waals surface area contributed by atoms with Crippen molar-refractivity contribution in [3.8, 4) is 5.75 Å². The average Bonchev–Trinajstić information content (AvgIpc) is 3.08. The fraction of sp³-hybridized carbons (Fsp3) is 0.556. The molecule has 124 valence electrons. The molecule has 1 saturated carbocycles. The van der Waals surface area contributed by atoms with Gasteiger partial charge in [0.15, 0.2) is 0 Å². The van der Waals surface area contributed by atoms with Crippen LogP contribution in [0.4, 0.5) is 0 Å². The van der Waals surface area contributed by atoms with E-state index in [2.05, 4.69) is 0 Å². The molecule has 3 rings (SSSR count). The van der Waals surface area contributed by atoms with Gasteiger partial charge in [-0.2, -0.15) is 0 Å². The lowest BCUT2D eigenvalue weighted by molar-refractivity contribution is -0.143. The zero-order valence-electron chi connectivity index (χ0n) is 13.5. The number of carbonyl (C=O) groups excluding carboxylic acids is 2. The van der Waals surface area contributed by atoms with Crippen molar-refractivity contribution in [2.75, 3.05) is 13.2 Å². The molecule has 1 spiro atoms. The van der Waals surface area contributed by atoms with Gasteiger partial charge in [0, 0.05) is 6.42 Å². The van der Waals surface area contributed by atoms with E-state index in [9.17, 15) is 14.7 Å². The lowest BCUT2D eigenvalue weighted by atomic mass is 9.84. The summed E-state index contributed by atoms with van der Waals surface area (Å²) >= 11 is 0. The van der Waals surface area contributed by atoms with Crippen molar-refractivity contribution in [3.63, 3.8) is 0 Å². The predicted molar refractivity (Wildman–Crippen MR) is 84.9 cm³/mol. The minimum absolute atomic E-state index is 0.0191. The molecule has 1 heterocycles. The van der Waals surface area contributed by atoms with Crippen LogP contribution in [-0.2, 0) is 9.59 Å². The van der Waals surface area contributed by atoms with Gasteiger partial charge in [0.25, 0.3) is 0 Å². The van der Waals surface area contributed by atoms with Gasteiger partial charge in [-0.3, -0.25) is 14.5 Å². The zero-order chi connectivity index (χ0) is 16.4. The first-order chi connectivity index (χ1) is 11.0. The normalized spacial score (nSPS) is 21.2. The summed E-state index contributed by atoms with van der Waals surface area (Å²) in [5, 5.41) is 10.1. The minimum Gasteiger partial charge on any atom is -0.491 e.